The van der Waals surface area contributed by atoms with E-state index < -0.39 is 0 Å². The molecule has 0 heterocycles. The van der Waals surface area contributed by atoms with Gasteiger partial charge in [-0.15, -0.1) is 0 Å². The molecule has 0 radical (unpaired) electrons. The van der Waals surface area contributed by atoms with Crippen molar-refractivity contribution in [3.63, 3.8) is 0 Å². The third kappa shape index (κ3) is 3.01. The molecule has 17 heavy (non-hydrogen) atoms. The first-order valence-electron chi connectivity index (χ1n) is 5.43. The van der Waals surface area contributed by atoms with E-state index >= 15 is 0 Å². The second kappa shape index (κ2) is 6.32. The minimum atomic E-state index is -0.172. The molecule has 1 unspecified atom stereocenters. The molecule has 0 amide bonds. The zero-order valence-electron chi connectivity index (χ0n) is 10.5. The van der Waals surface area contributed by atoms with E-state index in [1.807, 2.05) is 6.07 Å². The molecule has 1 rings (SSSR count). The monoisotopic (exact) mass is 240 g/mol. The highest BCUT2D eigenvalue weighted by molar-refractivity contribution is 5.51. The van der Waals surface area contributed by atoms with Gasteiger partial charge >= 0.3 is 0 Å². The SMILES string of the molecule is COc1cc(OC)c(C(N)CCN)cc1OC. The summed E-state index contributed by atoms with van der Waals surface area (Å²) in [5, 5.41) is 0. The molecule has 0 aliphatic carbocycles. The van der Waals surface area contributed by atoms with Crippen LogP contribution in [0.2, 0.25) is 0 Å². The number of hydrogen-bond donors (Lipinski definition) is 2. The first-order valence-corrected chi connectivity index (χ1v) is 5.43. The van der Waals surface area contributed by atoms with Crippen LogP contribution in [-0.2, 0) is 0 Å². The third-order valence-corrected chi connectivity index (χ3v) is 2.61. The van der Waals surface area contributed by atoms with Crippen molar-refractivity contribution in [3.05, 3.63) is 17.7 Å². The lowest BCUT2D eigenvalue weighted by Crippen LogP contribution is -2.16. The molecule has 0 fully saturated rings. The summed E-state index contributed by atoms with van der Waals surface area (Å²) >= 11 is 0. The Bertz CT molecular complexity index is 369. The van der Waals surface area contributed by atoms with E-state index in [-0.39, 0.29) is 6.04 Å². The maximum absolute atomic E-state index is 6.04. The van der Waals surface area contributed by atoms with Crippen molar-refractivity contribution in [2.24, 2.45) is 11.5 Å². The molecule has 5 heteroatoms. The minimum Gasteiger partial charge on any atom is -0.496 e. The molecule has 0 aromatic heterocycles. The van der Waals surface area contributed by atoms with Crippen molar-refractivity contribution >= 4 is 0 Å². The molecule has 1 aromatic carbocycles. The summed E-state index contributed by atoms with van der Waals surface area (Å²) in [6.45, 7) is 0.526. The van der Waals surface area contributed by atoms with Gasteiger partial charge in [-0.05, 0) is 19.0 Å². The van der Waals surface area contributed by atoms with Gasteiger partial charge in [0.25, 0.3) is 0 Å². The van der Waals surface area contributed by atoms with Gasteiger partial charge in [0.1, 0.15) is 5.75 Å². The standard InChI is InChI=1S/C12H20N2O3/c1-15-10-7-12(17-3)11(16-2)6-8(10)9(14)4-5-13/h6-7,9H,4-5,13-14H2,1-3H3. The second-order valence-corrected chi connectivity index (χ2v) is 3.63. The van der Waals surface area contributed by atoms with Crippen LogP contribution in [0.15, 0.2) is 12.1 Å². The highest BCUT2D eigenvalue weighted by Crippen LogP contribution is 2.37. The summed E-state index contributed by atoms with van der Waals surface area (Å²) in [5.41, 5.74) is 12.4. The largest absolute Gasteiger partial charge is 0.496 e. The molecule has 1 aromatic rings. The summed E-state index contributed by atoms with van der Waals surface area (Å²) in [6, 6.07) is 3.43. The van der Waals surface area contributed by atoms with Gasteiger partial charge in [0.15, 0.2) is 11.5 Å². The maximum Gasteiger partial charge on any atom is 0.164 e. The van der Waals surface area contributed by atoms with Gasteiger partial charge in [0.2, 0.25) is 0 Å². The molecule has 1 atom stereocenters. The van der Waals surface area contributed by atoms with Crippen LogP contribution in [0.25, 0.3) is 0 Å². The zero-order chi connectivity index (χ0) is 12.8. The number of hydrogen-bond acceptors (Lipinski definition) is 5. The second-order valence-electron chi connectivity index (χ2n) is 3.63. The van der Waals surface area contributed by atoms with Gasteiger partial charge in [0, 0.05) is 17.7 Å². The van der Waals surface area contributed by atoms with Crippen LogP contribution in [0.5, 0.6) is 17.2 Å². The fourth-order valence-corrected chi connectivity index (χ4v) is 1.68. The Hall–Kier alpha value is -1.46. The summed E-state index contributed by atoms with van der Waals surface area (Å²) in [7, 11) is 4.76. The number of rotatable bonds is 6. The number of benzene rings is 1. The Balaban J connectivity index is 3.18. The van der Waals surface area contributed by atoms with Crippen molar-refractivity contribution in [1.29, 1.82) is 0 Å². The first-order chi connectivity index (χ1) is 8.17. The van der Waals surface area contributed by atoms with E-state index in [1.54, 1.807) is 27.4 Å². The predicted molar refractivity (Wildman–Crippen MR) is 66.7 cm³/mol. The van der Waals surface area contributed by atoms with Crippen molar-refractivity contribution in [2.75, 3.05) is 27.9 Å². The number of nitrogens with two attached hydrogens (primary N) is 2. The summed E-state index contributed by atoms with van der Waals surface area (Å²) in [5.74, 6) is 1.94. The van der Waals surface area contributed by atoms with Crippen LogP contribution < -0.4 is 25.7 Å². The van der Waals surface area contributed by atoms with Gasteiger partial charge in [-0.1, -0.05) is 0 Å². The lowest BCUT2D eigenvalue weighted by molar-refractivity contribution is 0.346. The Morgan fingerprint density at radius 3 is 2.00 bits per heavy atom. The van der Waals surface area contributed by atoms with Crippen molar-refractivity contribution in [2.45, 2.75) is 12.5 Å². The highest BCUT2D eigenvalue weighted by atomic mass is 16.5. The van der Waals surface area contributed by atoms with Crippen molar-refractivity contribution in [1.82, 2.24) is 0 Å². The molecule has 0 saturated carbocycles. The molecule has 0 bridgehead atoms. The molecule has 0 saturated heterocycles. The highest BCUT2D eigenvalue weighted by Gasteiger charge is 2.16. The minimum absolute atomic E-state index is 0.172. The van der Waals surface area contributed by atoms with Crippen molar-refractivity contribution in [3.8, 4) is 17.2 Å². The fourth-order valence-electron chi connectivity index (χ4n) is 1.68. The van der Waals surface area contributed by atoms with E-state index in [2.05, 4.69) is 0 Å². The molecular weight excluding hydrogens is 220 g/mol. The molecule has 4 N–H and O–H groups in total. The van der Waals surface area contributed by atoms with E-state index in [1.165, 1.54) is 0 Å². The van der Waals surface area contributed by atoms with Crippen molar-refractivity contribution < 1.29 is 14.2 Å². The van der Waals surface area contributed by atoms with E-state index in [4.69, 9.17) is 25.7 Å². The van der Waals surface area contributed by atoms with Crippen LogP contribution >= 0.6 is 0 Å². The van der Waals surface area contributed by atoms with E-state index in [9.17, 15) is 0 Å². The van der Waals surface area contributed by atoms with Crippen LogP contribution in [0.3, 0.4) is 0 Å². The fraction of sp³-hybridized carbons (Fsp3) is 0.500. The van der Waals surface area contributed by atoms with Crippen LogP contribution in [-0.4, -0.2) is 27.9 Å². The topological polar surface area (TPSA) is 79.7 Å². The summed E-state index contributed by atoms with van der Waals surface area (Å²) in [4.78, 5) is 0. The number of ether oxygens (including phenoxy) is 3. The smallest absolute Gasteiger partial charge is 0.164 e. The average Bonchev–Trinajstić information content (AvgIpc) is 2.37. The normalized spacial score (nSPS) is 12.1. The Morgan fingerprint density at radius 1 is 1.00 bits per heavy atom. The van der Waals surface area contributed by atoms with E-state index in [0.717, 1.165) is 5.56 Å². The number of methoxy groups -OCH3 is 3. The molecule has 0 aliphatic heterocycles. The van der Waals surface area contributed by atoms with Crippen LogP contribution in [0, 0.1) is 0 Å². The summed E-state index contributed by atoms with van der Waals surface area (Å²) < 4.78 is 15.7. The Labute approximate surface area is 102 Å². The molecular formula is C12H20N2O3. The van der Waals surface area contributed by atoms with Gasteiger partial charge in [0.05, 0.1) is 21.3 Å². The quantitative estimate of drug-likeness (QED) is 0.777. The third-order valence-electron chi connectivity index (χ3n) is 2.61. The lowest BCUT2D eigenvalue weighted by atomic mass is 10.0. The summed E-state index contributed by atoms with van der Waals surface area (Å²) in [6.07, 6.45) is 0.686. The lowest BCUT2D eigenvalue weighted by Gasteiger charge is -2.18. The van der Waals surface area contributed by atoms with E-state index in [0.29, 0.717) is 30.2 Å². The predicted octanol–water partition coefficient (Wildman–Crippen LogP) is 1.06. The molecule has 0 spiro atoms. The molecule has 5 nitrogen and oxygen atoms in total. The zero-order valence-corrected chi connectivity index (χ0v) is 10.5. The van der Waals surface area contributed by atoms with Gasteiger partial charge in [-0.3, -0.25) is 0 Å². The van der Waals surface area contributed by atoms with Gasteiger partial charge < -0.3 is 25.7 Å². The van der Waals surface area contributed by atoms with Crippen LogP contribution in [0.1, 0.15) is 18.0 Å². The first kappa shape index (κ1) is 13.6. The maximum atomic E-state index is 6.04. The molecule has 96 valence electrons. The van der Waals surface area contributed by atoms with Gasteiger partial charge in [-0.2, -0.15) is 0 Å². The molecule has 0 aliphatic rings. The van der Waals surface area contributed by atoms with Gasteiger partial charge in [-0.25, -0.2) is 0 Å². The Morgan fingerprint density at radius 2 is 1.53 bits per heavy atom. The van der Waals surface area contributed by atoms with Crippen LogP contribution in [0.4, 0.5) is 0 Å². The average molecular weight is 240 g/mol. The Kier molecular flexibility index (Phi) is 5.06.